The molecular formula is C46H56N6O19S. The number of aliphatic hydroxyl groups excluding tert-OH is 2. The van der Waals surface area contributed by atoms with Gasteiger partial charge >= 0.3 is 12.1 Å². The number of ether oxygens (including phenoxy) is 4. The van der Waals surface area contributed by atoms with Gasteiger partial charge in [0.15, 0.2) is 17.9 Å². The van der Waals surface area contributed by atoms with Gasteiger partial charge < -0.3 is 77.2 Å². The Bertz CT molecular complexity index is 2790. The molecule has 0 spiro atoms. The molecule has 14 N–H and O–H groups in total. The number of anilines is 1. The van der Waals surface area contributed by atoms with Crippen LogP contribution in [0.1, 0.15) is 101 Å². The first kappa shape index (κ1) is 54.6. The molecule has 1 saturated heterocycles. The van der Waals surface area contributed by atoms with Crippen LogP contribution >= 0.6 is 0 Å². The lowest BCUT2D eigenvalue weighted by Crippen LogP contribution is -2.56. The summed E-state index contributed by atoms with van der Waals surface area (Å²) >= 11 is 0. The Morgan fingerprint density at radius 2 is 1.69 bits per heavy atom. The lowest BCUT2D eigenvalue weighted by Gasteiger charge is -2.42. The zero-order chi connectivity index (χ0) is 53.1. The highest BCUT2D eigenvalue weighted by atomic mass is 32.2. The molecule has 5 amide bonds. The lowest BCUT2D eigenvalue weighted by molar-refractivity contribution is -0.249. The molecule has 72 heavy (non-hydrogen) atoms. The number of aliphatic hydroxyl groups is 3. The van der Waals surface area contributed by atoms with Crippen LogP contribution in [0.5, 0.6) is 17.2 Å². The largest absolute Gasteiger partial charge is 0.507 e. The van der Waals surface area contributed by atoms with Gasteiger partial charge in [-0.1, -0.05) is 32.0 Å². The first-order chi connectivity index (χ1) is 33.8. The number of primary amides is 1. The number of urea groups is 1. The maximum atomic E-state index is 14.0. The molecule has 1 fully saturated rings. The molecule has 390 valence electrons. The van der Waals surface area contributed by atoms with Gasteiger partial charge in [-0.15, -0.1) is 0 Å². The van der Waals surface area contributed by atoms with Crippen molar-refractivity contribution in [3.05, 3.63) is 75.3 Å². The van der Waals surface area contributed by atoms with E-state index < -0.39 is 160 Å². The Labute approximate surface area is 411 Å². The van der Waals surface area contributed by atoms with E-state index in [2.05, 4.69) is 21.3 Å². The fourth-order valence-corrected chi connectivity index (χ4v) is 9.51. The molecule has 3 aliphatic rings. The normalized spacial score (nSPS) is 22.3. The summed E-state index contributed by atoms with van der Waals surface area (Å²) in [5.74, 6) is -6.35. The van der Waals surface area contributed by atoms with Crippen LogP contribution in [0.3, 0.4) is 0 Å². The molecule has 8 atom stereocenters. The quantitative estimate of drug-likeness (QED) is 0.0356. The number of ketones is 3. The molecule has 1 heterocycles. The van der Waals surface area contributed by atoms with Crippen LogP contribution in [0.25, 0.3) is 0 Å². The third-order valence-electron chi connectivity index (χ3n) is 12.7. The van der Waals surface area contributed by atoms with Gasteiger partial charge in [-0.25, -0.2) is 9.59 Å². The number of benzene rings is 3. The number of phenolic OH excluding ortho intramolecular Hbond substituents is 2. The number of aromatic hydroxyl groups is 2. The van der Waals surface area contributed by atoms with E-state index in [0.29, 0.717) is 0 Å². The third kappa shape index (κ3) is 11.4. The number of nitrogens with two attached hydrogens (primary N) is 2. The average Bonchev–Trinajstić information content (AvgIpc) is 3.32. The zero-order valence-corrected chi connectivity index (χ0v) is 40.1. The van der Waals surface area contributed by atoms with E-state index >= 15 is 0 Å². The molecule has 6 rings (SSSR count). The SMILES string of the molecule is COc1cccc2c1C(=O)c1c(O)c3c(c(O)c1C2=O)C[C@@](O)(C(=O)CO)C[C@@H]3O[C@H]1C[C@H](NC(=O)OCc2ccc(NC(=O)[C@H](CCCNC(N)=O)NC(=O)[C@@H](N)C(C)C)cc2S(=O)(=O)O)[C@H](O)[C@H](C)O1. The Morgan fingerprint density at radius 1 is 1.00 bits per heavy atom. The van der Waals surface area contributed by atoms with E-state index in [1.165, 1.54) is 38.3 Å². The minimum Gasteiger partial charge on any atom is -0.507 e. The van der Waals surface area contributed by atoms with Crippen LogP contribution in [0, 0.1) is 5.92 Å². The Balaban J connectivity index is 1.19. The third-order valence-corrected chi connectivity index (χ3v) is 13.6. The van der Waals surface area contributed by atoms with E-state index in [4.69, 9.17) is 30.4 Å². The molecule has 0 unspecified atom stereocenters. The number of phenols is 2. The Kier molecular flexibility index (Phi) is 16.6. The number of carbonyl (C=O) groups excluding carboxylic acids is 7. The predicted molar refractivity (Wildman–Crippen MR) is 247 cm³/mol. The molecule has 3 aromatic rings. The summed E-state index contributed by atoms with van der Waals surface area (Å²) in [4.78, 5) is 90.7. The number of rotatable bonds is 18. The molecule has 0 saturated carbocycles. The van der Waals surface area contributed by atoms with Gasteiger partial charge in [-0.3, -0.25) is 28.5 Å². The van der Waals surface area contributed by atoms with Gasteiger partial charge in [0.05, 0.1) is 48.1 Å². The van der Waals surface area contributed by atoms with Crippen molar-refractivity contribution in [2.45, 2.75) is 113 Å². The van der Waals surface area contributed by atoms with E-state index in [1.807, 2.05) is 0 Å². The van der Waals surface area contributed by atoms with Gasteiger partial charge in [0.25, 0.3) is 10.1 Å². The number of alkyl carbamates (subject to hydrolysis) is 1. The van der Waals surface area contributed by atoms with Crippen molar-refractivity contribution >= 4 is 57.1 Å². The standard InChI is InChI=1S/C46H56N6O19S/c1-19(2)36(47)43(61)51-25(8-6-12-49-44(48)62)42(60)50-22-11-10-21(29(13-22)72(65,66)67)18-69-45(63)52-26-14-31(70-20(3)37(26)55)71-28-16-46(64,30(54)17-53)15-24-33(28)41(59)35-34(39(24)57)38(56)23-7-5-9-27(68-4)32(23)40(35)58/h5,7,9-11,13,19-20,25-26,28,31,36-37,53,55,57,59,64H,6,8,12,14-18,47H2,1-4H3,(H,50,60)(H,51,61)(H,52,63)(H3,48,49,62)(H,65,66,67)/t20-,25-,26-,28-,31-,36-,37+,46-/m0/s1. The van der Waals surface area contributed by atoms with Crippen molar-refractivity contribution in [2.75, 3.05) is 25.6 Å². The van der Waals surface area contributed by atoms with Crippen LogP contribution in [-0.2, 0) is 51.7 Å². The van der Waals surface area contributed by atoms with Gasteiger partial charge in [-0.2, -0.15) is 8.42 Å². The average molecular weight is 1030 g/mol. The molecule has 0 aromatic heterocycles. The van der Waals surface area contributed by atoms with Crippen LogP contribution in [-0.4, -0.2) is 142 Å². The molecule has 1 aliphatic heterocycles. The molecular weight excluding hydrogens is 973 g/mol. The minimum atomic E-state index is -5.06. The second-order valence-electron chi connectivity index (χ2n) is 17.9. The highest BCUT2D eigenvalue weighted by Crippen LogP contribution is 2.52. The number of methoxy groups -OCH3 is 1. The van der Waals surface area contributed by atoms with Crippen LogP contribution < -0.4 is 37.5 Å². The summed E-state index contributed by atoms with van der Waals surface area (Å²) in [6.45, 7) is 2.86. The number of nitrogens with one attached hydrogen (secondary N) is 4. The smallest absolute Gasteiger partial charge is 0.407 e. The Morgan fingerprint density at radius 3 is 2.33 bits per heavy atom. The Hall–Kier alpha value is -6.78. The molecule has 3 aromatic carbocycles. The second-order valence-corrected chi connectivity index (χ2v) is 19.3. The summed E-state index contributed by atoms with van der Waals surface area (Å²) in [5.41, 5.74) is 5.90. The first-order valence-corrected chi connectivity index (χ1v) is 23.9. The number of hydrogen-bond acceptors (Lipinski definition) is 19. The van der Waals surface area contributed by atoms with E-state index in [9.17, 15) is 72.1 Å². The maximum absolute atomic E-state index is 14.0. The van der Waals surface area contributed by atoms with E-state index in [0.717, 1.165) is 12.1 Å². The summed E-state index contributed by atoms with van der Waals surface area (Å²) in [6, 6.07) is 3.08. The van der Waals surface area contributed by atoms with Gasteiger partial charge in [0, 0.05) is 53.7 Å². The molecule has 26 heteroatoms. The van der Waals surface area contributed by atoms with Crippen LogP contribution in [0.2, 0.25) is 0 Å². The molecule has 0 radical (unpaired) electrons. The predicted octanol–water partition coefficient (Wildman–Crippen LogP) is 0.0708. The first-order valence-electron chi connectivity index (χ1n) is 22.5. The van der Waals surface area contributed by atoms with Crippen molar-refractivity contribution in [1.29, 1.82) is 0 Å². The lowest BCUT2D eigenvalue weighted by atomic mass is 9.72. The zero-order valence-electron chi connectivity index (χ0n) is 39.3. The van der Waals surface area contributed by atoms with Gasteiger partial charge in [0.1, 0.15) is 53.1 Å². The fraction of sp³-hybridized carbons (Fsp3) is 0.457. The monoisotopic (exact) mass is 1030 g/mol. The van der Waals surface area contributed by atoms with E-state index in [-0.39, 0.29) is 64.6 Å². The minimum absolute atomic E-state index is 0.00574. The number of amides is 5. The molecule has 0 bridgehead atoms. The molecule has 2 aliphatic carbocycles. The van der Waals surface area contributed by atoms with Gasteiger partial charge in [-0.05, 0) is 43.9 Å². The van der Waals surface area contributed by atoms with E-state index in [1.54, 1.807) is 13.8 Å². The maximum Gasteiger partial charge on any atom is 0.407 e. The number of Topliss-reactive ketones (excluding diaryl/α,β-unsaturated/α-hetero) is 1. The topological polar surface area (TPSA) is 412 Å². The van der Waals surface area contributed by atoms with Crippen molar-refractivity contribution in [2.24, 2.45) is 17.4 Å². The number of carbonyl (C=O) groups is 7. The molecule has 25 nitrogen and oxygen atoms in total. The van der Waals surface area contributed by atoms with Crippen molar-refractivity contribution in [1.82, 2.24) is 16.0 Å². The summed E-state index contributed by atoms with van der Waals surface area (Å²) in [5, 5.41) is 65.8. The number of fused-ring (bicyclic) bond motifs is 3. The summed E-state index contributed by atoms with van der Waals surface area (Å²) < 4.78 is 57.9. The van der Waals surface area contributed by atoms with Crippen molar-refractivity contribution in [3.8, 4) is 17.2 Å². The van der Waals surface area contributed by atoms with Crippen LogP contribution in [0.4, 0.5) is 15.3 Å². The van der Waals surface area contributed by atoms with Crippen molar-refractivity contribution in [3.63, 3.8) is 0 Å². The second kappa shape index (κ2) is 21.9. The van der Waals surface area contributed by atoms with Crippen LogP contribution in [0.15, 0.2) is 41.3 Å². The summed E-state index contributed by atoms with van der Waals surface area (Å²) in [6.07, 6.45) is -8.59. The van der Waals surface area contributed by atoms with Crippen molar-refractivity contribution < 1.29 is 91.0 Å². The number of hydrogen-bond donors (Lipinski definition) is 12. The fourth-order valence-electron chi connectivity index (χ4n) is 8.77. The highest BCUT2D eigenvalue weighted by molar-refractivity contribution is 7.85. The van der Waals surface area contributed by atoms with Gasteiger partial charge in [0.2, 0.25) is 17.6 Å². The summed E-state index contributed by atoms with van der Waals surface area (Å²) in [7, 11) is -3.80. The highest BCUT2D eigenvalue weighted by Gasteiger charge is 2.50.